The summed E-state index contributed by atoms with van der Waals surface area (Å²) in [6.07, 6.45) is 12.0. The highest BCUT2D eigenvalue weighted by Gasteiger charge is 2.57. The van der Waals surface area contributed by atoms with E-state index in [1.54, 1.807) is 5.57 Å². The van der Waals surface area contributed by atoms with Gasteiger partial charge in [-0.25, -0.2) is 0 Å². The van der Waals surface area contributed by atoms with Crippen LogP contribution in [0, 0.1) is 59.2 Å². The maximum Gasteiger partial charge on any atom is 0.318 e. The molecule has 3 nitrogen and oxygen atoms in total. The summed E-state index contributed by atoms with van der Waals surface area (Å²) in [5.74, 6) is 4.06. The Balaban J connectivity index is 1.33. The third kappa shape index (κ3) is 2.76. The predicted molar refractivity (Wildman–Crippen MR) is 103 cm³/mol. The average molecular weight is 369 g/mol. The molecular weight excluding hydrogens is 336 g/mol. The molecule has 1 aliphatic heterocycles. The molecule has 4 saturated carbocycles. The van der Waals surface area contributed by atoms with Crippen molar-refractivity contribution in [1.82, 2.24) is 0 Å². The molecule has 9 unspecified atom stereocenters. The van der Waals surface area contributed by atoms with E-state index < -0.39 is 0 Å². The van der Waals surface area contributed by atoms with E-state index in [4.69, 9.17) is 4.74 Å². The normalized spacial score (nSPS) is 48.1. The van der Waals surface area contributed by atoms with Gasteiger partial charge in [0, 0.05) is 0 Å². The van der Waals surface area contributed by atoms with Gasteiger partial charge in [-0.05, 0) is 73.0 Å². The Kier molecular flexibility index (Phi) is 4.14. The molecule has 0 aromatic carbocycles. The Hall–Kier alpha value is -1.38. The SMILES string of the molecule is C=CC1CC(/C=C2/CC3CC2C(C)C3C(C)CC2CC2)C2C(=O)OC(=O)C12. The largest absolute Gasteiger partial charge is 0.393 e. The van der Waals surface area contributed by atoms with E-state index in [1.807, 2.05) is 6.08 Å². The molecule has 0 aromatic rings. The minimum absolute atomic E-state index is 0.0816. The third-order valence-electron chi connectivity index (χ3n) is 8.71. The van der Waals surface area contributed by atoms with Crippen LogP contribution in [0.2, 0.25) is 0 Å². The molecule has 4 aliphatic carbocycles. The number of cyclic esters (lactones) is 2. The molecule has 3 heteroatoms. The van der Waals surface area contributed by atoms with Crippen LogP contribution in [0.1, 0.15) is 52.4 Å². The maximum absolute atomic E-state index is 12.3. The van der Waals surface area contributed by atoms with Crippen LogP contribution in [0.15, 0.2) is 24.3 Å². The van der Waals surface area contributed by atoms with Gasteiger partial charge in [-0.15, -0.1) is 6.58 Å². The monoisotopic (exact) mass is 368 g/mol. The number of fused-ring (bicyclic) bond motifs is 3. The lowest BCUT2D eigenvalue weighted by Gasteiger charge is -2.35. The van der Waals surface area contributed by atoms with Gasteiger partial charge in [-0.2, -0.15) is 0 Å². The van der Waals surface area contributed by atoms with Gasteiger partial charge < -0.3 is 4.74 Å². The van der Waals surface area contributed by atoms with Crippen molar-refractivity contribution < 1.29 is 14.3 Å². The van der Waals surface area contributed by atoms with Crippen LogP contribution in [-0.4, -0.2) is 11.9 Å². The molecule has 1 heterocycles. The first-order chi connectivity index (χ1) is 13.0. The fourth-order valence-electron chi connectivity index (χ4n) is 7.48. The summed E-state index contributed by atoms with van der Waals surface area (Å²) in [5, 5.41) is 0. The molecular formula is C24H32O3. The molecule has 0 spiro atoms. The second-order valence-corrected chi connectivity index (χ2v) is 10.2. The minimum atomic E-state index is -0.328. The van der Waals surface area contributed by atoms with Crippen LogP contribution in [0.25, 0.3) is 0 Å². The van der Waals surface area contributed by atoms with Crippen LogP contribution >= 0.6 is 0 Å². The Morgan fingerprint density at radius 1 is 1.15 bits per heavy atom. The first-order valence-electron chi connectivity index (χ1n) is 11.1. The molecule has 0 amide bonds. The van der Waals surface area contributed by atoms with Crippen molar-refractivity contribution in [3.63, 3.8) is 0 Å². The van der Waals surface area contributed by atoms with Gasteiger partial charge >= 0.3 is 11.9 Å². The van der Waals surface area contributed by atoms with E-state index in [9.17, 15) is 9.59 Å². The summed E-state index contributed by atoms with van der Waals surface area (Å²) in [4.78, 5) is 24.4. The fourth-order valence-corrected chi connectivity index (χ4v) is 7.48. The molecule has 5 fully saturated rings. The second kappa shape index (κ2) is 6.32. The predicted octanol–water partition coefficient (Wildman–Crippen LogP) is 4.78. The number of carbonyl (C=O) groups excluding carboxylic acids is 2. The van der Waals surface area contributed by atoms with Crippen LogP contribution in [-0.2, 0) is 14.3 Å². The van der Waals surface area contributed by atoms with Gasteiger partial charge in [0.2, 0.25) is 0 Å². The minimum Gasteiger partial charge on any atom is -0.393 e. The highest BCUT2D eigenvalue weighted by molar-refractivity contribution is 5.97. The summed E-state index contributed by atoms with van der Waals surface area (Å²) < 4.78 is 4.97. The quantitative estimate of drug-likeness (QED) is 0.398. The molecule has 27 heavy (non-hydrogen) atoms. The summed E-state index contributed by atoms with van der Waals surface area (Å²) >= 11 is 0. The maximum atomic E-state index is 12.3. The van der Waals surface area contributed by atoms with Crippen LogP contribution < -0.4 is 0 Å². The fraction of sp³-hybridized carbons (Fsp3) is 0.750. The molecule has 1 saturated heterocycles. The number of esters is 2. The van der Waals surface area contributed by atoms with E-state index in [-0.39, 0.29) is 35.6 Å². The van der Waals surface area contributed by atoms with Gasteiger partial charge in [0.1, 0.15) is 0 Å². The van der Waals surface area contributed by atoms with E-state index in [0.717, 1.165) is 36.0 Å². The van der Waals surface area contributed by atoms with Crippen LogP contribution in [0.5, 0.6) is 0 Å². The van der Waals surface area contributed by atoms with Crippen LogP contribution in [0.4, 0.5) is 0 Å². The highest BCUT2D eigenvalue weighted by atomic mass is 16.6. The third-order valence-corrected chi connectivity index (χ3v) is 8.71. The highest BCUT2D eigenvalue weighted by Crippen LogP contribution is 2.59. The lowest BCUT2D eigenvalue weighted by Crippen LogP contribution is -2.28. The first-order valence-corrected chi connectivity index (χ1v) is 11.1. The van der Waals surface area contributed by atoms with Crippen molar-refractivity contribution in [2.75, 3.05) is 0 Å². The summed E-state index contributed by atoms with van der Waals surface area (Å²) in [6, 6.07) is 0. The van der Waals surface area contributed by atoms with E-state index in [1.165, 1.54) is 32.1 Å². The summed E-state index contributed by atoms with van der Waals surface area (Å²) in [6.45, 7) is 8.84. The molecule has 0 N–H and O–H groups in total. The van der Waals surface area contributed by atoms with E-state index >= 15 is 0 Å². The molecule has 5 aliphatic rings. The Labute approximate surface area is 162 Å². The summed E-state index contributed by atoms with van der Waals surface area (Å²) in [7, 11) is 0. The van der Waals surface area contributed by atoms with Crippen molar-refractivity contribution in [1.29, 1.82) is 0 Å². The van der Waals surface area contributed by atoms with Gasteiger partial charge in [-0.3, -0.25) is 9.59 Å². The Bertz CT molecular complexity index is 700. The van der Waals surface area contributed by atoms with Gasteiger partial charge in [-0.1, -0.05) is 44.4 Å². The zero-order valence-electron chi connectivity index (χ0n) is 16.6. The molecule has 9 atom stereocenters. The average Bonchev–Trinajstić information content (AvgIpc) is 2.98. The molecule has 0 radical (unpaired) electrons. The lowest BCUT2D eigenvalue weighted by molar-refractivity contribution is -0.154. The topological polar surface area (TPSA) is 43.4 Å². The number of rotatable bonds is 5. The number of hydrogen-bond donors (Lipinski definition) is 0. The van der Waals surface area contributed by atoms with E-state index in [2.05, 4.69) is 26.5 Å². The summed E-state index contributed by atoms with van der Waals surface area (Å²) in [5.41, 5.74) is 1.57. The second-order valence-electron chi connectivity index (χ2n) is 10.2. The zero-order chi connectivity index (χ0) is 18.9. The zero-order valence-corrected chi connectivity index (χ0v) is 16.6. The lowest BCUT2D eigenvalue weighted by atomic mass is 9.70. The van der Waals surface area contributed by atoms with Gasteiger partial charge in [0.15, 0.2) is 0 Å². The van der Waals surface area contributed by atoms with Crippen LogP contribution in [0.3, 0.4) is 0 Å². The number of ether oxygens (including phenoxy) is 1. The number of allylic oxidation sites excluding steroid dienone is 3. The Morgan fingerprint density at radius 2 is 1.85 bits per heavy atom. The van der Waals surface area contributed by atoms with E-state index in [0.29, 0.717) is 5.92 Å². The van der Waals surface area contributed by atoms with Crippen molar-refractivity contribution in [3.8, 4) is 0 Å². The van der Waals surface area contributed by atoms with Crippen molar-refractivity contribution in [3.05, 3.63) is 24.3 Å². The molecule has 0 aromatic heterocycles. The molecule has 5 rings (SSSR count). The number of carbonyl (C=O) groups is 2. The van der Waals surface area contributed by atoms with Crippen molar-refractivity contribution in [2.24, 2.45) is 59.2 Å². The first kappa shape index (κ1) is 17.7. The number of hydrogen-bond acceptors (Lipinski definition) is 3. The van der Waals surface area contributed by atoms with Gasteiger partial charge in [0.25, 0.3) is 0 Å². The van der Waals surface area contributed by atoms with Crippen molar-refractivity contribution in [2.45, 2.75) is 52.4 Å². The molecule has 146 valence electrons. The molecule has 2 bridgehead atoms. The smallest absolute Gasteiger partial charge is 0.318 e. The van der Waals surface area contributed by atoms with Gasteiger partial charge in [0.05, 0.1) is 11.8 Å². The van der Waals surface area contributed by atoms with Crippen molar-refractivity contribution >= 4 is 11.9 Å². The Morgan fingerprint density at radius 3 is 2.48 bits per heavy atom. The standard InChI is InChI=1S/C24H32O3/c1-4-15-8-17(22-21(15)23(25)27-24(22)26)9-16-10-18-11-19(16)13(3)20(18)12(2)7-14-5-6-14/h4,9,12-15,17-22H,1,5-8,10-11H2,2-3H3/b16-9-.